The van der Waals surface area contributed by atoms with Crippen LogP contribution in [0.2, 0.25) is 0 Å². The van der Waals surface area contributed by atoms with E-state index in [0.29, 0.717) is 6.54 Å². The Morgan fingerprint density at radius 3 is 2.88 bits per heavy atom. The summed E-state index contributed by atoms with van der Waals surface area (Å²) in [7, 11) is 0. The third-order valence-corrected chi connectivity index (χ3v) is 3.14. The van der Waals surface area contributed by atoms with E-state index in [9.17, 15) is 4.79 Å². The van der Waals surface area contributed by atoms with E-state index < -0.39 is 0 Å². The lowest BCUT2D eigenvalue weighted by Gasteiger charge is -2.14. The minimum Gasteiger partial charge on any atom is -0.395 e. The van der Waals surface area contributed by atoms with Gasteiger partial charge in [0.1, 0.15) is 0 Å². The zero-order chi connectivity index (χ0) is 12.7. The fourth-order valence-electron chi connectivity index (χ4n) is 1.69. The van der Waals surface area contributed by atoms with Crippen LogP contribution in [-0.2, 0) is 11.2 Å². The first-order valence-electron chi connectivity index (χ1n) is 5.80. The largest absolute Gasteiger partial charge is 0.395 e. The van der Waals surface area contributed by atoms with Crippen molar-refractivity contribution in [2.45, 2.75) is 19.8 Å². The van der Waals surface area contributed by atoms with Crippen molar-refractivity contribution in [1.82, 2.24) is 5.32 Å². The molecule has 4 heteroatoms. The standard InChI is InChI=1S/C13H18BrNO2/c1-2-11(13(17)15-6-7-16)8-10-4-3-5-12(14)9-10/h3-5,9,11,16H,2,6-8H2,1H3,(H,15,17). The third kappa shape index (κ3) is 4.88. The lowest BCUT2D eigenvalue weighted by atomic mass is 9.96. The average Bonchev–Trinajstić information content (AvgIpc) is 2.33. The molecule has 0 aliphatic carbocycles. The number of rotatable bonds is 6. The molecule has 0 spiro atoms. The summed E-state index contributed by atoms with van der Waals surface area (Å²) in [5.41, 5.74) is 1.14. The molecule has 1 atom stereocenters. The molecule has 0 aliphatic rings. The fourth-order valence-corrected chi connectivity index (χ4v) is 2.14. The van der Waals surface area contributed by atoms with E-state index >= 15 is 0 Å². The van der Waals surface area contributed by atoms with E-state index in [1.54, 1.807) is 0 Å². The molecule has 0 bridgehead atoms. The van der Waals surface area contributed by atoms with E-state index in [0.717, 1.165) is 22.9 Å². The Balaban J connectivity index is 2.60. The van der Waals surface area contributed by atoms with Gasteiger partial charge in [0.25, 0.3) is 0 Å². The molecule has 1 unspecified atom stereocenters. The van der Waals surface area contributed by atoms with E-state index in [1.807, 2.05) is 31.2 Å². The van der Waals surface area contributed by atoms with Crippen LogP contribution in [0.25, 0.3) is 0 Å². The van der Waals surface area contributed by atoms with Crippen molar-refractivity contribution in [2.24, 2.45) is 5.92 Å². The lowest BCUT2D eigenvalue weighted by molar-refractivity contribution is -0.125. The zero-order valence-electron chi connectivity index (χ0n) is 9.95. The first kappa shape index (κ1) is 14.2. The van der Waals surface area contributed by atoms with Gasteiger partial charge in [0.15, 0.2) is 0 Å². The van der Waals surface area contributed by atoms with Crippen molar-refractivity contribution in [1.29, 1.82) is 0 Å². The van der Waals surface area contributed by atoms with Gasteiger partial charge in [0, 0.05) is 16.9 Å². The molecule has 0 radical (unpaired) electrons. The van der Waals surface area contributed by atoms with Gasteiger partial charge in [-0.2, -0.15) is 0 Å². The summed E-state index contributed by atoms with van der Waals surface area (Å²) >= 11 is 3.42. The Bertz CT molecular complexity index is 368. The number of amides is 1. The maximum absolute atomic E-state index is 11.8. The van der Waals surface area contributed by atoms with Gasteiger partial charge in [0.2, 0.25) is 5.91 Å². The monoisotopic (exact) mass is 299 g/mol. The number of halogens is 1. The summed E-state index contributed by atoms with van der Waals surface area (Å²) in [6, 6.07) is 7.99. The molecule has 0 aromatic heterocycles. The summed E-state index contributed by atoms with van der Waals surface area (Å²) in [6.07, 6.45) is 1.52. The normalized spacial score (nSPS) is 12.2. The fraction of sp³-hybridized carbons (Fsp3) is 0.462. The second-order valence-electron chi connectivity index (χ2n) is 3.95. The summed E-state index contributed by atoms with van der Waals surface area (Å²) in [5, 5.41) is 11.4. The molecule has 3 nitrogen and oxygen atoms in total. The van der Waals surface area contributed by atoms with Crippen LogP contribution in [0, 0.1) is 5.92 Å². The summed E-state index contributed by atoms with van der Waals surface area (Å²) in [4.78, 5) is 11.8. The number of hydrogen-bond acceptors (Lipinski definition) is 2. The second kappa shape index (κ2) is 7.45. The number of benzene rings is 1. The van der Waals surface area contributed by atoms with E-state index in [2.05, 4.69) is 21.2 Å². The van der Waals surface area contributed by atoms with E-state index in [-0.39, 0.29) is 18.4 Å². The molecule has 94 valence electrons. The van der Waals surface area contributed by atoms with Crippen molar-refractivity contribution < 1.29 is 9.90 Å². The van der Waals surface area contributed by atoms with Gasteiger partial charge >= 0.3 is 0 Å². The van der Waals surface area contributed by atoms with Gasteiger partial charge in [-0.15, -0.1) is 0 Å². The maximum atomic E-state index is 11.8. The number of hydrogen-bond donors (Lipinski definition) is 2. The van der Waals surface area contributed by atoms with Crippen LogP contribution in [0.15, 0.2) is 28.7 Å². The van der Waals surface area contributed by atoms with E-state index in [1.165, 1.54) is 0 Å². The lowest BCUT2D eigenvalue weighted by Crippen LogP contribution is -2.33. The van der Waals surface area contributed by atoms with Crippen molar-refractivity contribution >= 4 is 21.8 Å². The summed E-state index contributed by atoms with van der Waals surface area (Å²) < 4.78 is 1.03. The molecular weight excluding hydrogens is 282 g/mol. The van der Waals surface area contributed by atoms with Crippen LogP contribution in [-0.4, -0.2) is 24.2 Å². The Labute approximate surface area is 110 Å². The quantitative estimate of drug-likeness (QED) is 0.845. The Morgan fingerprint density at radius 1 is 1.53 bits per heavy atom. The molecule has 1 aromatic rings. The minimum atomic E-state index is -0.0316. The van der Waals surface area contributed by atoms with Gasteiger partial charge in [-0.1, -0.05) is 35.0 Å². The van der Waals surface area contributed by atoms with Crippen molar-refractivity contribution in [3.63, 3.8) is 0 Å². The summed E-state index contributed by atoms with van der Waals surface area (Å²) in [5.74, 6) is -0.0163. The van der Waals surface area contributed by atoms with Gasteiger partial charge in [-0.3, -0.25) is 4.79 Å². The van der Waals surface area contributed by atoms with Crippen LogP contribution in [0.3, 0.4) is 0 Å². The average molecular weight is 300 g/mol. The first-order chi connectivity index (χ1) is 8.17. The molecule has 1 amide bonds. The number of nitrogens with one attached hydrogen (secondary N) is 1. The third-order valence-electron chi connectivity index (χ3n) is 2.65. The topological polar surface area (TPSA) is 49.3 Å². The zero-order valence-corrected chi connectivity index (χ0v) is 11.5. The van der Waals surface area contributed by atoms with Crippen LogP contribution in [0.5, 0.6) is 0 Å². The number of aliphatic hydroxyl groups is 1. The second-order valence-corrected chi connectivity index (χ2v) is 4.87. The smallest absolute Gasteiger partial charge is 0.223 e. The van der Waals surface area contributed by atoms with Gasteiger partial charge in [-0.05, 0) is 30.5 Å². The Kier molecular flexibility index (Phi) is 6.22. The number of carbonyl (C=O) groups excluding carboxylic acids is 1. The molecule has 0 aliphatic heterocycles. The molecule has 1 aromatic carbocycles. The van der Waals surface area contributed by atoms with Crippen molar-refractivity contribution in [2.75, 3.05) is 13.2 Å². The van der Waals surface area contributed by atoms with E-state index in [4.69, 9.17) is 5.11 Å². The highest BCUT2D eigenvalue weighted by Gasteiger charge is 2.16. The van der Waals surface area contributed by atoms with Crippen molar-refractivity contribution in [3.8, 4) is 0 Å². The van der Waals surface area contributed by atoms with Crippen LogP contribution >= 0.6 is 15.9 Å². The Hall–Kier alpha value is -0.870. The van der Waals surface area contributed by atoms with Crippen molar-refractivity contribution in [3.05, 3.63) is 34.3 Å². The number of aliphatic hydroxyl groups excluding tert-OH is 1. The van der Waals surface area contributed by atoms with Crippen LogP contribution in [0.1, 0.15) is 18.9 Å². The van der Waals surface area contributed by atoms with Crippen LogP contribution in [0.4, 0.5) is 0 Å². The minimum absolute atomic E-state index is 0.0148. The predicted octanol–water partition coefficient (Wildman–Crippen LogP) is 2.13. The highest BCUT2D eigenvalue weighted by atomic mass is 79.9. The maximum Gasteiger partial charge on any atom is 0.223 e. The molecule has 17 heavy (non-hydrogen) atoms. The molecular formula is C13H18BrNO2. The Morgan fingerprint density at radius 2 is 2.29 bits per heavy atom. The molecule has 0 heterocycles. The number of carbonyl (C=O) groups is 1. The van der Waals surface area contributed by atoms with Gasteiger partial charge in [-0.25, -0.2) is 0 Å². The molecule has 0 saturated heterocycles. The highest BCUT2D eigenvalue weighted by molar-refractivity contribution is 9.10. The first-order valence-corrected chi connectivity index (χ1v) is 6.59. The summed E-state index contributed by atoms with van der Waals surface area (Å²) in [6.45, 7) is 2.31. The SMILES string of the molecule is CCC(Cc1cccc(Br)c1)C(=O)NCCO. The molecule has 0 saturated carbocycles. The molecule has 1 rings (SSSR count). The predicted molar refractivity (Wildman–Crippen MR) is 71.7 cm³/mol. The highest BCUT2D eigenvalue weighted by Crippen LogP contribution is 2.17. The molecule has 2 N–H and O–H groups in total. The van der Waals surface area contributed by atoms with Crippen LogP contribution < -0.4 is 5.32 Å². The van der Waals surface area contributed by atoms with Gasteiger partial charge < -0.3 is 10.4 Å². The molecule has 0 fully saturated rings. The van der Waals surface area contributed by atoms with Gasteiger partial charge in [0.05, 0.1) is 6.61 Å².